The number of hydrogen-bond donors (Lipinski definition) is 2. The average Bonchev–Trinajstić information content (AvgIpc) is 2.92. The molecule has 0 atom stereocenters. The molecule has 0 saturated carbocycles. The van der Waals surface area contributed by atoms with Crippen molar-refractivity contribution in [2.45, 2.75) is 33.6 Å². The fourth-order valence-corrected chi connectivity index (χ4v) is 2.44. The summed E-state index contributed by atoms with van der Waals surface area (Å²) in [5.74, 6) is 2.95. The lowest BCUT2D eigenvalue weighted by Crippen LogP contribution is -2.24. The molecule has 122 valence electrons. The van der Waals surface area contributed by atoms with Crippen molar-refractivity contribution in [1.82, 2.24) is 5.32 Å². The zero-order chi connectivity index (χ0) is 15.9. The Bertz CT molecular complexity index is 527. The Morgan fingerprint density at radius 3 is 2.59 bits per heavy atom. The molecule has 22 heavy (non-hydrogen) atoms. The van der Waals surface area contributed by atoms with Gasteiger partial charge >= 0.3 is 0 Å². The molecule has 0 unspecified atom stereocenters. The van der Waals surface area contributed by atoms with Crippen LogP contribution in [0.3, 0.4) is 0 Å². The van der Waals surface area contributed by atoms with Crippen molar-refractivity contribution in [1.29, 1.82) is 0 Å². The number of hydrogen-bond acceptors (Lipinski definition) is 4. The highest BCUT2D eigenvalue weighted by Gasteiger charge is 2.16. The molecule has 3 N–H and O–H groups in total. The van der Waals surface area contributed by atoms with E-state index in [2.05, 4.69) is 37.1 Å². The van der Waals surface area contributed by atoms with E-state index in [0.717, 1.165) is 31.0 Å². The molecule has 0 aromatic heterocycles. The molecule has 0 amide bonds. The van der Waals surface area contributed by atoms with Crippen LogP contribution < -0.4 is 20.5 Å². The first-order valence-electron chi connectivity index (χ1n) is 8.01. The van der Waals surface area contributed by atoms with Crippen molar-refractivity contribution < 1.29 is 9.47 Å². The number of nitrogens with one attached hydrogen (secondary N) is 1. The van der Waals surface area contributed by atoms with E-state index >= 15 is 0 Å². The van der Waals surface area contributed by atoms with Crippen LogP contribution in [-0.4, -0.2) is 32.3 Å². The maximum atomic E-state index is 6.07. The van der Waals surface area contributed by atoms with Gasteiger partial charge in [-0.05, 0) is 42.1 Å². The number of aryl methyl sites for hydroxylation is 1. The largest absolute Gasteiger partial charge is 0.454 e. The molecule has 0 fully saturated rings. The zero-order valence-corrected chi connectivity index (χ0v) is 13.8. The van der Waals surface area contributed by atoms with E-state index in [4.69, 9.17) is 15.2 Å². The van der Waals surface area contributed by atoms with Gasteiger partial charge in [-0.2, -0.15) is 0 Å². The van der Waals surface area contributed by atoms with Gasteiger partial charge in [0.25, 0.3) is 0 Å². The molecule has 1 aromatic rings. The highest BCUT2D eigenvalue weighted by atomic mass is 16.7. The molecule has 2 rings (SSSR count). The Morgan fingerprint density at radius 2 is 1.95 bits per heavy atom. The first-order valence-corrected chi connectivity index (χ1v) is 8.01. The van der Waals surface area contributed by atoms with Gasteiger partial charge in [0.2, 0.25) is 6.79 Å². The Hall–Kier alpha value is -1.75. The normalized spacial score (nSPS) is 13.9. The summed E-state index contributed by atoms with van der Waals surface area (Å²) in [4.78, 5) is 4.45. The van der Waals surface area contributed by atoms with E-state index in [1.54, 1.807) is 0 Å². The maximum absolute atomic E-state index is 6.07. The number of rotatable bonds is 8. The third-order valence-corrected chi connectivity index (χ3v) is 3.60. The van der Waals surface area contributed by atoms with Crippen LogP contribution in [0.1, 0.15) is 31.9 Å². The number of fused-ring (bicyclic) bond motifs is 1. The Labute approximate surface area is 132 Å². The summed E-state index contributed by atoms with van der Waals surface area (Å²) >= 11 is 0. The van der Waals surface area contributed by atoms with E-state index in [-0.39, 0.29) is 0 Å². The summed E-state index contributed by atoms with van der Waals surface area (Å²) in [5, 5.41) is 3.36. The van der Waals surface area contributed by atoms with E-state index in [9.17, 15) is 0 Å². The van der Waals surface area contributed by atoms with Crippen LogP contribution in [0.4, 0.5) is 0 Å². The van der Waals surface area contributed by atoms with Crippen molar-refractivity contribution in [3.63, 3.8) is 0 Å². The number of ether oxygens (including phenoxy) is 2. The lowest BCUT2D eigenvalue weighted by Gasteiger charge is -2.10. The van der Waals surface area contributed by atoms with Crippen LogP contribution in [0, 0.1) is 5.92 Å². The first-order chi connectivity index (χ1) is 10.6. The third kappa shape index (κ3) is 4.63. The minimum absolute atomic E-state index is 0.299. The van der Waals surface area contributed by atoms with Crippen LogP contribution in [0.2, 0.25) is 0 Å². The molecule has 0 aliphatic carbocycles. The second-order valence-electron chi connectivity index (χ2n) is 5.98. The van der Waals surface area contributed by atoms with Gasteiger partial charge in [0.05, 0.1) is 12.4 Å². The standard InChI is InChI=1S/C17H27N3O2/c1-4-13-7-15-16(22-11-21-15)8-14(13)9-17(18)20-6-5-19-10-12(2)3/h7-8,12,19H,4-6,9-11H2,1-3H3,(H2,18,20). The maximum Gasteiger partial charge on any atom is 0.231 e. The fraction of sp³-hybridized carbons (Fsp3) is 0.588. The average molecular weight is 305 g/mol. The number of amidine groups is 1. The van der Waals surface area contributed by atoms with Gasteiger partial charge in [-0.15, -0.1) is 0 Å². The van der Waals surface area contributed by atoms with Crippen LogP contribution in [0.15, 0.2) is 17.1 Å². The smallest absolute Gasteiger partial charge is 0.231 e. The number of benzene rings is 1. The Morgan fingerprint density at radius 1 is 1.27 bits per heavy atom. The molecule has 5 heteroatoms. The second kappa shape index (κ2) is 8.03. The fourth-order valence-electron chi connectivity index (χ4n) is 2.44. The molecule has 5 nitrogen and oxygen atoms in total. The Kier molecular flexibility index (Phi) is 6.07. The summed E-state index contributed by atoms with van der Waals surface area (Å²) in [5.41, 5.74) is 8.47. The first kappa shape index (κ1) is 16.6. The Balaban J connectivity index is 1.92. The second-order valence-corrected chi connectivity index (χ2v) is 5.98. The molecule has 0 bridgehead atoms. The highest BCUT2D eigenvalue weighted by Crippen LogP contribution is 2.35. The van der Waals surface area contributed by atoms with Crippen LogP contribution in [-0.2, 0) is 12.8 Å². The predicted octanol–water partition coefficient (Wildman–Crippen LogP) is 2.12. The monoisotopic (exact) mass is 305 g/mol. The van der Waals surface area contributed by atoms with Crippen molar-refractivity contribution in [2.24, 2.45) is 16.6 Å². The minimum atomic E-state index is 0.299. The number of nitrogens with zero attached hydrogens (tertiary/aromatic N) is 1. The zero-order valence-electron chi connectivity index (χ0n) is 13.8. The molecule has 1 aliphatic rings. The topological polar surface area (TPSA) is 68.9 Å². The molecule has 0 radical (unpaired) electrons. The lowest BCUT2D eigenvalue weighted by atomic mass is 10.0. The molecule has 1 heterocycles. The van der Waals surface area contributed by atoms with Crippen LogP contribution in [0.5, 0.6) is 11.5 Å². The molecule has 1 aromatic carbocycles. The molecular formula is C17H27N3O2. The summed E-state index contributed by atoms with van der Waals surface area (Å²) in [6, 6.07) is 4.08. The van der Waals surface area contributed by atoms with Gasteiger partial charge in [-0.3, -0.25) is 4.99 Å². The van der Waals surface area contributed by atoms with E-state index < -0.39 is 0 Å². The summed E-state index contributed by atoms with van der Waals surface area (Å²) < 4.78 is 10.9. The third-order valence-electron chi connectivity index (χ3n) is 3.60. The molecular weight excluding hydrogens is 278 g/mol. The summed E-state index contributed by atoms with van der Waals surface area (Å²) in [6.45, 7) is 9.40. The SMILES string of the molecule is CCc1cc2c(cc1CC(N)=NCCNCC(C)C)OCO2. The van der Waals surface area contributed by atoms with Crippen molar-refractivity contribution in [3.8, 4) is 11.5 Å². The highest BCUT2D eigenvalue weighted by molar-refractivity contribution is 5.83. The van der Waals surface area contributed by atoms with Crippen LogP contribution in [0.25, 0.3) is 0 Å². The van der Waals surface area contributed by atoms with Crippen molar-refractivity contribution in [2.75, 3.05) is 26.4 Å². The van der Waals surface area contributed by atoms with Crippen molar-refractivity contribution >= 4 is 5.84 Å². The summed E-state index contributed by atoms with van der Waals surface area (Å²) in [7, 11) is 0. The van der Waals surface area contributed by atoms with E-state index in [1.165, 1.54) is 11.1 Å². The molecule has 0 saturated heterocycles. The quantitative estimate of drug-likeness (QED) is 0.438. The summed E-state index contributed by atoms with van der Waals surface area (Å²) in [6.07, 6.45) is 1.60. The lowest BCUT2D eigenvalue weighted by molar-refractivity contribution is 0.174. The van der Waals surface area contributed by atoms with E-state index in [1.807, 2.05) is 6.07 Å². The van der Waals surface area contributed by atoms with Crippen molar-refractivity contribution in [3.05, 3.63) is 23.3 Å². The van der Waals surface area contributed by atoms with Crippen LogP contribution >= 0.6 is 0 Å². The van der Waals surface area contributed by atoms with E-state index in [0.29, 0.717) is 31.5 Å². The van der Waals surface area contributed by atoms with Gasteiger partial charge in [-0.1, -0.05) is 20.8 Å². The number of nitrogens with two attached hydrogens (primary N) is 1. The number of aliphatic imine (C=N–C) groups is 1. The van der Waals surface area contributed by atoms with Gasteiger partial charge in [0.1, 0.15) is 0 Å². The minimum Gasteiger partial charge on any atom is -0.454 e. The van der Waals surface area contributed by atoms with Gasteiger partial charge in [0, 0.05) is 13.0 Å². The molecule has 1 aliphatic heterocycles. The predicted molar refractivity (Wildman–Crippen MR) is 89.8 cm³/mol. The van der Waals surface area contributed by atoms with Gasteiger partial charge < -0.3 is 20.5 Å². The van der Waals surface area contributed by atoms with Gasteiger partial charge in [0.15, 0.2) is 11.5 Å². The molecule has 0 spiro atoms. The van der Waals surface area contributed by atoms with Gasteiger partial charge in [-0.25, -0.2) is 0 Å².